The van der Waals surface area contributed by atoms with Crippen molar-refractivity contribution in [2.45, 2.75) is 37.1 Å². The predicted octanol–water partition coefficient (Wildman–Crippen LogP) is 0.558. The van der Waals surface area contributed by atoms with Crippen LogP contribution in [-0.4, -0.2) is 41.2 Å². The molecule has 0 amide bonds. The molecule has 1 atom stereocenters. The molecule has 1 aliphatic heterocycles. The number of carboxylic acids is 1. The van der Waals surface area contributed by atoms with Crippen LogP contribution < -0.4 is 10.0 Å². The van der Waals surface area contributed by atoms with Crippen molar-refractivity contribution in [3.8, 4) is 0 Å². The highest BCUT2D eigenvalue weighted by Crippen LogP contribution is 2.34. The van der Waals surface area contributed by atoms with Gasteiger partial charge in [-0.3, -0.25) is 5.10 Å². The number of fused-ring (bicyclic) bond motifs is 1. The summed E-state index contributed by atoms with van der Waals surface area (Å²) in [7, 11) is -4.00. The number of rotatable bonds is 5. The highest BCUT2D eigenvalue weighted by molar-refractivity contribution is 7.91. The quantitative estimate of drug-likeness (QED) is 0.602. The second-order valence-corrected chi connectivity index (χ2v) is 8.53. The zero-order valence-corrected chi connectivity index (χ0v) is 14.7. The van der Waals surface area contributed by atoms with Gasteiger partial charge < -0.3 is 10.4 Å². The molecule has 3 rings (SSSR count). The third-order valence-electron chi connectivity index (χ3n) is 3.69. The molecule has 0 bridgehead atoms. The van der Waals surface area contributed by atoms with Gasteiger partial charge in [-0.05, 0) is 32.4 Å². The Hall–Kier alpha value is -1.82. The molecule has 1 aliphatic rings. The minimum absolute atomic E-state index is 0.123. The summed E-state index contributed by atoms with van der Waals surface area (Å²) >= 11 is 0.997. The van der Waals surface area contributed by atoms with Crippen molar-refractivity contribution >= 4 is 27.3 Å². The maximum absolute atomic E-state index is 12.7. The van der Waals surface area contributed by atoms with Crippen LogP contribution in [-0.2, 0) is 23.0 Å². The highest BCUT2D eigenvalue weighted by Gasteiger charge is 2.33. The minimum atomic E-state index is -4.00. The lowest BCUT2D eigenvalue weighted by Crippen LogP contribution is -2.28. The smallest absolute Gasteiger partial charge is 0.338 e. The molecule has 3 heterocycles. The van der Waals surface area contributed by atoms with Gasteiger partial charge in [0.05, 0.1) is 11.6 Å². The van der Waals surface area contributed by atoms with E-state index in [0.717, 1.165) is 16.2 Å². The molecule has 0 fully saturated rings. The maximum atomic E-state index is 12.7. The molecule has 24 heavy (non-hydrogen) atoms. The van der Waals surface area contributed by atoms with Crippen molar-refractivity contribution < 1.29 is 18.3 Å². The first-order valence-corrected chi connectivity index (χ1v) is 9.59. The Morgan fingerprint density at radius 2 is 2.21 bits per heavy atom. The standard InChI is InChI=1S/C13H17N5O4S2/c1-6(11-15-7(2)16-17-11)18-24(21,22)13-10(12(19)20)8-3-4-14-5-9(8)23-13/h6,14,18H,3-5H2,1-2H3,(H,19,20)(H,15,16,17)/t6-/m0/s1. The number of carbonyl (C=O) groups is 1. The van der Waals surface area contributed by atoms with E-state index in [1.807, 2.05) is 0 Å². The lowest BCUT2D eigenvalue weighted by Gasteiger charge is -2.13. The first-order chi connectivity index (χ1) is 11.3. The van der Waals surface area contributed by atoms with E-state index in [1.54, 1.807) is 13.8 Å². The van der Waals surface area contributed by atoms with Gasteiger partial charge in [0.1, 0.15) is 10.0 Å². The van der Waals surface area contributed by atoms with Crippen LogP contribution in [0.25, 0.3) is 0 Å². The van der Waals surface area contributed by atoms with E-state index in [2.05, 4.69) is 25.2 Å². The summed E-state index contributed by atoms with van der Waals surface area (Å²) in [6.07, 6.45) is 0.499. The molecule has 2 aromatic heterocycles. The Kier molecular flexibility index (Phi) is 4.42. The number of aryl methyl sites for hydroxylation is 1. The van der Waals surface area contributed by atoms with Crippen LogP contribution in [0.4, 0.5) is 0 Å². The van der Waals surface area contributed by atoms with E-state index >= 15 is 0 Å². The fourth-order valence-electron chi connectivity index (χ4n) is 2.61. The van der Waals surface area contributed by atoms with Gasteiger partial charge in [-0.15, -0.1) is 11.3 Å². The summed E-state index contributed by atoms with van der Waals surface area (Å²) < 4.78 is 27.7. The van der Waals surface area contributed by atoms with Gasteiger partial charge in [0, 0.05) is 11.4 Å². The third kappa shape index (κ3) is 3.07. The van der Waals surface area contributed by atoms with E-state index < -0.39 is 22.0 Å². The number of hydrogen-bond donors (Lipinski definition) is 4. The van der Waals surface area contributed by atoms with Crippen LogP contribution in [0.1, 0.15) is 45.4 Å². The normalized spacial score (nSPS) is 15.9. The minimum Gasteiger partial charge on any atom is -0.478 e. The Morgan fingerprint density at radius 1 is 1.46 bits per heavy atom. The summed E-state index contributed by atoms with van der Waals surface area (Å²) in [6, 6.07) is -0.682. The molecule has 0 spiro atoms. The maximum Gasteiger partial charge on any atom is 0.338 e. The van der Waals surface area contributed by atoms with Crippen molar-refractivity contribution in [3.63, 3.8) is 0 Å². The number of nitrogens with one attached hydrogen (secondary N) is 3. The largest absolute Gasteiger partial charge is 0.478 e. The van der Waals surface area contributed by atoms with E-state index in [1.165, 1.54) is 0 Å². The number of aromatic amines is 1. The topological polar surface area (TPSA) is 137 Å². The number of thiophene rings is 1. The fraction of sp³-hybridized carbons (Fsp3) is 0.462. The van der Waals surface area contributed by atoms with Crippen molar-refractivity contribution in [2.24, 2.45) is 0 Å². The second-order valence-electron chi connectivity index (χ2n) is 5.52. The zero-order chi connectivity index (χ0) is 17.5. The number of aromatic nitrogens is 3. The SMILES string of the molecule is Cc1nc([C@H](C)NS(=O)(=O)c2sc3c(c2C(=O)O)CCNC3)n[nH]1. The van der Waals surface area contributed by atoms with Gasteiger partial charge in [-0.25, -0.2) is 18.2 Å². The Morgan fingerprint density at radius 3 is 2.83 bits per heavy atom. The number of aromatic carboxylic acids is 1. The van der Waals surface area contributed by atoms with Crippen LogP contribution in [0, 0.1) is 6.92 Å². The molecule has 11 heteroatoms. The molecule has 0 aliphatic carbocycles. The summed E-state index contributed by atoms with van der Waals surface area (Å²) in [5.41, 5.74) is 0.482. The molecule has 0 aromatic carbocycles. The van der Waals surface area contributed by atoms with Gasteiger partial charge in [0.15, 0.2) is 5.82 Å². The van der Waals surface area contributed by atoms with Crippen molar-refractivity contribution in [1.82, 2.24) is 25.2 Å². The molecule has 0 saturated heterocycles. The molecular formula is C13H17N5O4S2. The van der Waals surface area contributed by atoms with Crippen LogP contribution >= 0.6 is 11.3 Å². The lowest BCUT2D eigenvalue weighted by atomic mass is 10.1. The van der Waals surface area contributed by atoms with Crippen molar-refractivity contribution in [2.75, 3.05) is 6.54 Å². The van der Waals surface area contributed by atoms with E-state index in [9.17, 15) is 18.3 Å². The monoisotopic (exact) mass is 371 g/mol. The number of nitrogens with zero attached hydrogens (tertiary/aromatic N) is 2. The molecule has 2 aromatic rings. The zero-order valence-electron chi connectivity index (χ0n) is 13.1. The second kappa shape index (κ2) is 6.24. The first kappa shape index (κ1) is 17.0. The highest BCUT2D eigenvalue weighted by atomic mass is 32.2. The van der Waals surface area contributed by atoms with Gasteiger partial charge >= 0.3 is 5.97 Å². The third-order valence-corrected chi connectivity index (χ3v) is 6.98. The number of sulfonamides is 1. The van der Waals surface area contributed by atoms with Crippen LogP contribution in [0.15, 0.2) is 4.21 Å². The Bertz CT molecular complexity index is 886. The van der Waals surface area contributed by atoms with Gasteiger partial charge in [0.2, 0.25) is 0 Å². The molecule has 130 valence electrons. The average molecular weight is 371 g/mol. The Labute approximate surface area is 142 Å². The summed E-state index contributed by atoms with van der Waals surface area (Å²) in [5.74, 6) is -0.355. The molecule has 0 radical (unpaired) electrons. The van der Waals surface area contributed by atoms with Crippen LogP contribution in [0.2, 0.25) is 0 Å². The summed E-state index contributed by atoms with van der Waals surface area (Å²) in [4.78, 5) is 16.5. The molecule has 0 saturated carbocycles. The van der Waals surface area contributed by atoms with Crippen LogP contribution in [0.3, 0.4) is 0 Å². The van der Waals surface area contributed by atoms with E-state index in [4.69, 9.17) is 0 Å². The van der Waals surface area contributed by atoms with Crippen LogP contribution in [0.5, 0.6) is 0 Å². The number of hydrogen-bond acceptors (Lipinski definition) is 7. The van der Waals surface area contributed by atoms with E-state index in [-0.39, 0.29) is 9.77 Å². The number of carboxylic acid groups (broad SMARTS) is 1. The molecule has 9 nitrogen and oxygen atoms in total. The van der Waals surface area contributed by atoms with E-state index in [0.29, 0.717) is 36.7 Å². The average Bonchev–Trinajstić information content (AvgIpc) is 3.10. The molecule has 0 unspecified atom stereocenters. The van der Waals surface area contributed by atoms with Gasteiger partial charge in [-0.1, -0.05) is 0 Å². The fourth-order valence-corrected chi connectivity index (χ4v) is 5.69. The van der Waals surface area contributed by atoms with Gasteiger partial charge in [0.25, 0.3) is 10.0 Å². The lowest BCUT2D eigenvalue weighted by molar-refractivity contribution is 0.0692. The summed E-state index contributed by atoms with van der Waals surface area (Å²) in [5, 5.41) is 19.2. The van der Waals surface area contributed by atoms with Crippen molar-refractivity contribution in [3.05, 3.63) is 27.7 Å². The first-order valence-electron chi connectivity index (χ1n) is 7.29. The van der Waals surface area contributed by atoms with Crippen molar-refractivity contribution in [1.29, 1.82) is 0 Å². The Balaban J connectivity index is 1.97. The summed E-state index contributed by atoms with van der Waals surface area (Å²) in [6.45, 7) is 4.42. The molecule has 4 N–H and O–H groups in total. The number of H-pyrrole nitrogens is 1. The van der Waals surface area contributed by atoms with Gasteiger partial charge in [-0.2, -0.15) is 9.82 Å². The predicted molar refractivity (Wildman–Crippen MR) is 86.5 cm³/mol. The molecular weight excluding hydrogens is 354 g/mol.